The topological polar surface area (TPSA) is 57.1 Å². The molecule has 2 heterocycles. The van der Waals surface area contributed by atoms with E-state index in [0.29, 0.717) is 12.4 Å². The first-order valence-electron chi connectivity index (χ1n) is 11.6. The molecule has 2 aliphatic heterocycles. The summed E-state index contributed by atoms with van der Waals surface area (Å²) in [5.74, 6) is 2.89. The van der Waals surface area contributed by atoms with E-state index >= 15 is 0 Å². The van der Waals surface area contributed by atoms with E-state index in [1.807, 2.05) is 6.07 Å². The summed E-state index contributed by atoms with van der Waals surface area (Å²) < 4.78 is 13.5. The van der Waals surface area contributed by atoms with E-state index in [-0.39, 0.29) is 23.2 Å². The van der Waals surface area contributed by atoms with Crippen LogP contribution in [0.3, 0.4) is 0 Å². The molecule has 162 valence electrons. The molecule has 1 unspecified atom stereocenters. The Balaban J connectivity index is 1.16. The Kier molecular flexibility index (Phi) is 4.60. The summed E-state index contributed by atoms with van der Waals surface area (Å²) in [4.78, 5) is 24.7. The van der Waals surface area contributed by atoms with Crippen molar-refractivity contribution in [3.05, 3.63) is 47.3 Å². The number of amidine groups is 1. The van der Waals surface area contributed by atoms with Crippen molar-refractivity contribution in [2.75, 3.05) is 13.1 Å². The van der Waals surface area contributed by atoms with Crippen molar-refractivity contribution in [3.63, 3.8) is 0 Å². The predicted molar refractivity (Wildman–Crippen MR) is 118 cm³/mol. The molecule has 6 heteroatoms. The highest BCUT2D eigenvalue weighted by Gasteiger charge is 2.54. The number of halogens is 1. The molecular weight excluding hydrogens is 391 g/mol. The van der Waals surface area contributed by atoms with Gasteiger partial charge in [-0.2, -0.15) is 0 Å². The van der Waals surface area contributed by atoms with E-state index in [0.717, 1.165) is 61.2 Å². The molecule has 4 saturated carbocycles. The van der Waals surface area contributed by atoms with Gasteiger partial charge in [-0.1, -0.05) is 18.2 Å². The molecule has 1 aromatic rings. The van der Waals surface area contributed by atoms with Crippen LogP contribution in [0.15, 0.2) is 45.9 Å². The van der Waals surface area contributed by atoms with E-state index in [2.05, 4.69) is 26.3 Å². The fourth-order valence-corrected chi connectivity index (χ4v) is 7.16. The lowest BCUT2D eigenvalue weighted by Gasteiger charge is -2.55. The van der Waals surface area contributed by atoms with E-state index in [4.69, 9.17) is 0 Å². The van der Waals surface area contributed by atoms with Crippen molar-refractivity contribution >= 4 is 18.1 Å². The van der Waals surface area contributed by atoms with Gasteiger partial charge in [0.05, 0.1) is 11.5 Å². The lowest BCUT2D eigenvalue weighted by molar-refractivity contribution is -0.144. The summed E-state index contributed by atoms with van der Waals surface area (Å²) in [5, 5.41) is 3.23. The molecule has 4 aliphatic carbocycles. The average Bonchev–Trinajstić information content (AvgIpc) is 2.73. The number of hydrogen-bond donors (Lipinski definition) is 1. The maximum atomic E-state index is 13.5. The number of carbonyl (C=O) groups is 1. The number of carbonyl (C=O) groups excluding carboxylic acids is 1. The maximum absolute atomic E-state index is 13.5. The Morgan fingerprint density at radius 2 is 1.90 bits per heavy atom. The Labute approximate surface area is 182 Å². The Morgan fingerprint density at radius 3 is 2.61 bits per heavy atom. The third-order valence-electron chi connectivity index (χ3n) is 8.11. The first-order chi connectivity index (χ1) is 15.1. The molecule has 1 aromatic carbocycles. The molecule has 0 spiro atoms. The summed E-state index contributed by atoms with van der Waals surface area (Å²) in [6.07, 6.45) is 10.9. The molecule has 0 aromatic heterocycles. The van der Waals surface area contributed by atoms with Crippen molar-refractivity contribution in [1.29, 1.82) is 0 Å². The minimum atomic E-state index is -0.205. The molecule has 7 rings (SSSR count). The largest absolute Gasteiger partial charge is 0.310 e. The quantitative estimate of drug-likeness (QED) is 0.811. The SMILES string of the molecule is O=C(NC1=NC=NC2CN(Cc3cccc(F)c3)CC=C12)C12CC3CC(CC(C3)C1)C2. The molecule has 5 nitrogen and oxygen atoms in total. The number of aliphatic imine (C=N–C) groups is 2. The van der Waals surface area contributed by atoms with Gasteiger partial charge in [0.1, 0.15) is 18.0 Å². The van der Waals surface area contributed by atoms with E-state index in [1.165, 1.54) is 25.3 Å². The van der Waals surface area contributed by atoms with Crippen LogP contribution in [0, 0.1) is 29.0 Å². The highest BCUT2D eigenvalue weighted by molar-refractivity contribution is 6.13. The van der Waals surface area contributed by atoms with E-state index in [1.54, 1.807) is 18.5 Å². The smallest absolute Gasteiger partial charge is 0.231 e. The minimum absolute atomic E-state index is 0.0357. The van der Waals surface area contributed by atoms with Gasteiger partial charge in [-0.15, -0.1) is 0 Å². The first kappa shape index (κ1) is 19.4. The number of amides is 1. The highest BCUT2D eigenvalue weighted by Crippen LogP contribution is 2.60. The third kappa shape index (κ3) is 3.55. The van der Waals surface area contributed by atoms with Crippen LogP contribution in [0.4, 0.5) is 4.39 Å². The molecule has 6 aliphatic rings. The van der Waals surface area contributed by atoms with Crippen LogP contribution < -0.4 is 5.32 Å². The van der Waals surface area contributed by atoms with E-state index in [9.17, 15) is 9.18 Å². The molecule has 1 atom stereocenters. The van der Waals surface area contributed by atoms with Crippen molar-refractivity contribution in [2.45, 2.75) is 51.1 Å². The van der Waals surface area contributed by atoms with Crippen LogP contribution in [-0.2, 0) is 11.3 Å². The summed E-state index contributed by atoms with van der Waals surface area (Å²) in [7, 11) is 0. The molecule has 0 radical (unpaired) electrons. The Bertz CT molecular complexity index is 962. The third-order valence-corrected chi connectivity index (χ3v) is 8.11. The number of benzene rings is 1. The second-order valence-corrected chi connectivity index (χ2v) is 10.4. The molecular formula is C25H29FN4O. The van der Waals surface area contributed by atoms with Gasteiger partial charge in [-0.25, -0.2) is 9.38 Å². The number of rotatable bonds is 3. The lowest BCUT2D eigenvalue weighted by atomic mass is 9.49. The fraction of sp³-hybridized carbons (Fsp3) is 0.560. The van der Waals surface area contributed by atoms with Crippen molar-refractivity contribution in [2.24, 2.45) is 33.2 Å². The number of fused-ring (bicyclic) bond motifs is 1. The van der Waals surface area contributed by atoms with E-state index < -0.39 is 0 Å². The fourth-order valence-electron chi connectivity index (χ4n) is 7.16. The Hall–Kier alpha value is -2.34. The van der Waals surface area contributed by atoms with Gasteiger partial charge in [0.25, 0.3) is 0 Å². The van der Waals surface area contributed by atoms with Gasteiger partial charge in [0.2, 0.25) is 5.91 Å². The van der Waals surface area contributed by atoms with Crippen LogP contribution in [-0.4, -0.2) is 42.1 Å². The average molecular weight is 421 g/mol. The zero-order valence-electron chi connectivity index (χ0n) is 17.8. The van der Waals surface area contributed by atoms with Gasteiger partial charge >= 0.3 is 0 Å². The zero-order valence-corrected chi connectivity index (χ0v) is 17.8. The van der Waals surface area contributed by atoms with Crippen molar-refractivity contribution < 1.29 is 9.18 Å². The highest BCUT2D eigenvalue weighted by atomic mass is 19.1. The standard InChI is InChI=1S/C25H29FN4O/c26-20-3-1-2-16(9-20)13-30-5-4-21-22(14-30)27-15-28-23(21)29-24(31)25-10-17-6-18(11-25)8-19(7-17)12-25/h1-4,9,15,17-19,22H,5-8,10-14H2,(H,27,28,29,31). The van der Waals surface area contributed by atoms with Gasteiger partial charge < -0.3 is 5.32 Å². The van der Waals surface area contributed by atoms with Gasteiger partial charge in [0.15, 0.2) is 0 Å². The van der Waals surface area contributed by atoms with Crippen molar-refractivity contribution in [3.8, 4) is 0 Å². The molecule has 1 N–H and O–H groups in total. The minimum Gasteiger partial charge on any atom is -0.310 e. The van der Waals surface area contributed by atoms with Crippen LogP contribution in [0.1, 0.15) is 44.1 Å². The normalized spacial score (nSPS) is 36.0. The molecule has 31 heavy (non-hydrogen) atoms. The number of nitrogens with zero attached hydrogens (tertiary/aromatic N) is 3. The van der Waals surface area contributed by atoms with Gasteiger partial charge in [-0.05, 0) is 74.0 Å². The lowest BCUT2D eigenvalue weighted by Crippen LogP contribution is -2.55. The van der Waals surface area contributed by atoms with Crippen LogP contribution in [0.2, 0.25) is 0 Å². The van der Waals surface area contributed by atoms with Crippen molar-refractivity contribution in [1.82, 2.24) is 10.2 Å². The second kappa shape index (κ2) is 7.37. The zero-order chi connectivity index (χ0) is 21.0. The molecule has 4 bridgehead atoms. The van der Waals surface area contributed by atoms with Crippen LogP contribution in [0.25, 0.3) is 0 Å². The van der Waals surface area contributed by atoms with Gasteiger partial charge in [-0.3, -0.25) is 14.7 Å². The summed E-state index contributed by atoms with van der Waals surface area (Å²) in [6, 6.07) is 6.72. The molecule has 0 saturated heterocycles. The molecule has 4 fully saturated rings. The Morgan fingerprint density at radius 1 is 1.16 bits per heavy atom. The summed E-state index contributed by atoms with van der Waals surface area (Å²) in [5.41, 5.74) is 1.80. The number of hydrogen-bond acceptors (Lipinski definition) is 4. The first-order valence-corrected chi connectivity index (χ1v) is 11.6. The maximum Gasteiger partial charge on any atom is 0.231 e. The summed E-state index contributed by atoms with van der Waals surface area (Å²) >= 11 is 0. The summed E-state index contributed by atoms with van der Waals surface area (Å²) in [6.45, 7) is 2.16. The second-order valence-electron chi connectivity index (χ2n) is 10.4. The monoisotopic (exact) mass is 420 g/mol. The molecule has 1 amide bonds. The van der Waals surface area contributed by atoms with Crippen LogP contribution in [0.5, 0.6) is 0 Å². The number of nitrogens with one attached hydrogen (secondary N) is 1. The van der Waals surface area contributed by atoms with Gasteiger partial charge in [0, 0.05) is 25.2 Å². The predicted octanol–water partition coefficient (Wildman–Crippen LogP) is 3.71. The van der Waals surface area contributed by atoms with Crippen LogP contribution >= 0.6 is 0 Å².